The van der Waals surface area contributed by atoms with Gasteiger partial charge in [-0.1, -0.05) is 40.6 Å². The topological polar surface area (TPSA) is 41.8 Å². The number of aromatic nitrogens is 2. The van der Waals surface area contributed by atoms with Crippen molar-refractivity contribution in [2.75, 3.05) is 0 Å². The van der Waals surface area contributed by atoms with Crippen LogP contribution in [0.15, 0.2) is 53.5 Å². The fourth-order valence-corrected chi connectivity index (χ4v) is 2.70. The lowest BCUT2D eigenvalue weighted by molar-refractivity contribution is 0.374. The summed E-state index contributed by atoms with van der Waals surface area (Å²) in [4.78, 5) is 7.83. The SMILES string of the molecule is C=C/C(=C\C)c1nc(-c2ccc(/C(=C/C)C(=C)C(C)(F)P)o2)[nH]c1C. The van der Waals surface area contributed by atoms with Gasteiger partial charge in [-0.25, -0.2) is 9.37 Å². The third-order valence-corrected chi connectivity index (χ3v) is 4.35. The molecule has 0 aliphatic heterocycles. The van der Waals surface area contributed by atoms with E-state index in [1.807, 2.05) is 32.9 Å². The molecule has 25 heavy (non-hydrogen) atoms. The molecular weight excluding hydrogens is 334 g/mol. The lowest BCUT2D eigenvalue weighted by Crippen LogP contribution is -2.11. The largest absolute Gasteiger partial charge is 0.453 e. The molecule has 2 aromatic heterocycles. The van der Waals surface area contributed by atoms with Crippen molar-refractivity contribution in [1.82, 2.24) is 9.97 Å². The molecule has 0 aromatic carbocycles. The van der Waals surface area contributed by atoms with Crippen LogP contribution >= 0.6 is 9.24 Å². The van der Waals surface area contributed by atoms with Gasteiger partial charge in [-0.2, -0.15) is 0 Å². The van der Waals surface area contributed by atoms with Gasteiger partial charge in [-0.3, -0.25) is 0 Å². The second-order valence-electron chi connectivity index (χ2n) is 5.93. The number of nitrogens with zero attached hydrogens (tertiary/aromatic N) is 1. The van der Waals surface area contributed by atoms with Crippen LogP contribution in [-0.4, -0.2) is 15.4 Å². The predicted octanol–water partition coefficient (Wildman–Crippen LogP) is 6.09. The molecule has 2 heterocycles. The minimum Gasteiger partial charge on any atom is -0.453 e. The quantitative estimate of drug-likeness (QED) is 0.502. The highest BCUT2D eigenvalue weighted by atomic mass is 31.0. The molecular formula is C20H24FN2OP. The number of aromatic amines is 1. The Bertz CT molecular complexity index is 863. The zero-order chi connectivity index (χ0) is 18.8. The Morgan fingerprint density at radius 3 is 2.56 bits per heavy atom. The fourth-order valence-electron chi connectivity index (χ4n) is 2.55. The van der Waals surface area contributed by atoms with Gasteiger partial charge < -0.3 is 9.40 Å². The van der Waals surface area contributed by atoms with E-state index in [9.17, 15) is 4.39 Å². The van der Waals surface area contributed by atoms with E-state index in [2.05, 4.69) is 32.4 Å². The summed E-state index contributed by atoms with van der Waals surface area (Å²) < 4.78 is 20.1. The molecule has 2 unspecified atom stereocenters. The molecule has 2 atom stereocenters. The summed E-state index contributed by atoms with van der Waals surface area (Å²) in [6.45, 7) is 14.8. The minimum absolute atomic E-state index is 0.347. The number of allylic oxidation sites excluding steroid dienone is 6. The molecule has 1 N–H and O–H groups in total. The van der Waals surface area contributed by atoms with Gasteiger partial charge in [0.15, 0.2) is 11.6 Å². The second-order valence-corrected chi connectivity index (χ2v) is 7.01. The third kappa shape index (κ3) is 3.91. The van der Waals surface area contributed by atoms with Crippen molar-refractivity contribution in [3.8, 4) is 11.6 Å². The van der Waals surface area contributed by atoms with Crippen LogP contribution in [0.1, 0.15) is 37.9 Å². The molecule has 2 aromatic rings. The molecule has 0 aliphatic rings. The van der Waals surface area contributed by atoms with Crippen molar-refractivity contribution in [2.24, 2.45) is 0 Å². The zero-order valence-electron chi connectivity index (χ0n) is 15.1. The lowest BCUT2D eigenvalue weighted by atomic mass is 10.0. The normalized spacial score (nSPS) is 15.1. The minimum atomic E-state index is -1.60. The highest BCUT2D eigenvalue weighted by Gasteiger charge is 2.26. The molecule has 0 aliphatic carbocycles. The van der Waals surface area contributed by atoms with Gasteiger partial charge in [0.25, 0.3) is 0 Å². The first-order chi connectivity index (χ1) is 11.7. The Kier molecular flexibility index (Phi) is 5.64. The summed E-state index contributed by atoms with van der Waals surface area (Å²) in [5.74, 6) is 1.76. The molecule has 0 radical (unpaired) electrons. The Morgan fingerprint density at radius 1 is 1.36 bits per heavy atom. The van der Waals surface area contributed by atoms with Gasteiger partial charge in [-0.15, -0.1) is 0 Å². The number of alkyl halides is 1. The number of hydrogen-bond acceptors (Lipinski definition) is 2. The van der Waals surface area contributed by atoms with Gasteiger partial charge >= 0.3 is 0 Å². The average Bonchev–Trinajstić information content (AvgIpc) is 3.16. The van der Waals surface area contributed by atoms with Crippen molar-refractivity contribution >= 4 is 20.4 Å². The van der Waals surface area contributed by atoms with Crippen molar-refractivity contribution in [3.63, 3.8) is 0 Å². The van der Waals surface area contributed by atoms with Crippen molar-refractivity contribution < 1.29 is 8.81 Å². The molecule has 0 amide bonds. The fraction of sp³-hybridized carbons (Fsp3) is 0.250. The van der Waals surface area contributed by atoms with Crippen molar-refractivity contribution in [3.05, 3.63) is 66.2 Å². The van der Waals surface area contributed by atoms with Crippen molar-refractivity contribution in [1.29, 1.82) is 0 Å². The molecule has 5 heteroatoms. The van der Waals surface area contributed by atoms with Crippen LogP contribution in [0.2, 0.25) is 0 Å². The first-order valence-electron chi connectivity index (χ1n) is 8.03. The van der Waals surface area contributed by atoms with E-state index in [1.54, 1.807) is 18.2 Å². The van der Waals surface area contributed by atoms with E-state index in [4.69, 9.17) is 4.42 Å². The number of aryl methyl sites for hydroxylation is 1. The predicted molar refractivity (Wildman–Crippen MR) is 107 cm³/mol. The van der Waals surface area contributed by atoms with Gasteiger partial charge in [0.2, 0.25) is 0 Å². The highest BCUT2D eigenvalue weighted by molar-refractivity contribution is 7.19. The second kappa shape index (κ2) is 7.37. The molecule has 0 fully saturated rings. The summed E-state index contributed by atoms with van der Waals surface area (Å²) in [7, 11) is 2.16. The van der Waals surface area contributed by atoms with Crippen LogP contribution in [0.25, 0.3) is 22.7 Å². The highest BCUT2D eigenvalue weighted by Crippen LogP contribution is 2.38. The molecule has 132 valence electrons. The Labute approximate surface area is 150 Å². The summed E-state index contributed by atoms with van der Waals surface area (Å²) in [6, 6.07) is 3.61. The first-order valence-corrected chi connectivity index (χ1v) is 8.60. The van der Waals surface area contributed by atoms with Gasteiger partial charge in [0.1, 0.15) is 11.2 Å². The molecule has 0 saturated heterocycles. The Balaban J connectivity index is 2.41. The number of H-pyrrole nitrogens is 1. The summed E-state index contributed by atoms with van der Waals surface area (Å²) in [5, 5.41) is -1.60. The standard InChI is InChI=1S/C20H24FN2OP/c1-7-14(8-2)18-13(5)22-19(23-18)17-11-10-16(24-17)15(9-3)12(4)20(6,21)25/h7-11H,1,4,25H2,2-3,5-6H3,(H,22,23)/b14-8+,15-9+. The van der Waals surface area contributed by atoms with E-state index in [1.165, 1.54) is 6.92 Å². The summed E-state index contributed by atoms with van der Waals surface area (Å²) in [5.41, 5.74) is 3.70. The molecule has 2 rings (SSSR count). The number of nitrogens with one attached hydrogen (secondary N) is 1. The van der Waals surface area contributed by atoms with Crippen LogP contribution < -0.4 is 0 Å². The number of hydrogen-bond donors (Lipinski definition) is 1. The van der Waals surface area contributed by atoms with E-state index < -0.39 is 5.41 Å². The smallest absolute Gasteiger partial charge is 0.174 e. The maximum absolute atomic E-state index is 14.2. The first kappa shape index (κ1) is 19.1. The van der Waals surface area contributed by atoms with Gasteiger partial charge in [0.05, 0.1) is 5.69 Å². The molecule has 0 bridgehead atoms. The third-order valence-electron chi connectivity index (χ3n) is 4.00. The molecule has 3 nitrogen and oxygen atoms in total. The van der Waals surface area contributed by atoms with Crippen LogP contribution in [0.4, 0.5) is 4.39 Å². The van der Waals surface area contributed by atoms with Crippen LogP contribution in [-0.2, 0) is 0 Å². The van der Waals surface area contributed by atoms with E-state index >= 15 is 0 Å². The van der Waals surface area contributed by atoms with Crippen LogP contribution in [0.3, 0.4) is 0 Å². The monoisotopic (exact) mass is 358 g/mol. The van der Waals surface area contributed by atoms with E-state index in [0.29, 0.717) is 28.5 Å². The number of furan rings is 1. The maximum atomic E-state index is 14.2. The number of rotatable bonds is 6. The molecule has 0 spiro atoms. The van der Waals surface area contributed by atoms with Gasteiger partial charge in [-0.05, 0) is 51.0 Å². The Morgan fingerprint density at radius 2 is 2.04 bits per heavy atom. The Hall–Kier alpha value is -2.19. The van der Waals surface area contributed by atoms with Crippen LogP contribution in [0, 0.1) is 6.92 Å². The van der Waals surface area contributed by atoms with Gasteiger partial charge in [0, 0.05) is 11.3 Å². The van der Waals surface area contributed by atoms with E-state index in [-0.39, 0.29) is 0 Å². The number of halogens is 1. The zero-order valence-corrected chi connectivity index (χ0v) is 16.3. The summed E-state index contributed by atoms with van der Waals surface area (Å²) in [6.07, 6.45) is 5.52. The maximum Gasteiger partial charge on any atom is 0.174 e. The van der Waals surface area contributed by atoms with Crippen LogP contribution in [0.5, 0.6) is 0 Å². The number of imidazole rings is 1. The summed E-state index contributed by atoms with van der Waals surface area (Å²) >= 11 is 0. The lowest BCUT2D eigenvalue weighted by Gasteiger charge is -2.18. The average molecular weight is 358 g/mol. The molecule has 0 saturated carbocycles. The van der Waals surface area contributed by atoms with Crippen molar-refractivity contribution in [2.45, 2.75) is 33.1 Å². The van der Waals surface area contributed by atoms with E-state index in [0.717, 1.165) is 17.0 Å².